The maximum Gasteiger partial charge on any atom is 0.255 e. The van der Waals surface area contributed by atoms with E-state index in [1.807, 2.05) is 55.5 Å². The fourth-order valence-electron chi connectivity index (χ4n) is 2.50. The number of aryl methyl sites for hydroxylation is 1. The van der Waals surface area contributed by atoms with Crippen molar-refractivity contribution in [1.29, 1.82) is 0 Å². The zero-order valence-electron chi connectivity index (χ0n) is 13.9. The van der Waals surface area contributed by atoms with Gasteiger partial charge in [0.05, 0.1) is 0 Å². The smallest absolute Gasteiger partial charge is 0.255 e. The van der Waals surface area contributed by atoms with Crippen molar-refractivity contribution in [2.24, 2.45) is 0 Å². The number of rotatable bonds is 5. The first-order valence-corrected chi connectivity index (χ1v) is 8.07. The minimum atomic E-state index is -0.225. The molecule has 0 heterocycles. The van der Waals surface area contributed by atoms with Crippen LogP contribution in [0.4, 0.5) is 15.8 Å². The Labute approximate surface area is 146 Å². The average molecular weight is 334 g/mol. The van der Waals surface area contributed by atoms with Gasteiger partial charge < -0.3 is 10.6 Å². The number of hydrogen-bond acceptors (Lipinski definition) is 2. The molecule has 0 bridgehead atoms. The highest BCUT2D eigenvalue weighted by atomic mass is 19.1. The summed E-state index contributed by atoms with van der Waals surface area (Å²) in [6.07, 6.45) is 0. The summed E-state index contributed by atoms with van der Waals surface area (Å²) in [6, 6.07) is 21.5. The van der Waals surface area contributed by atoms with Crippen LogP contribution in [0.3, 0.4) is 0 Å². The van der Waals surface area contributed by atoms with Crippen LogP contribution in [0, 0.1) is 12.7 Å². The lowest BCUT2D eigenvalue weighted by Crippen LogP contribution is -2.12. The van der Waals surface area contributed by atoms with Gasteiger partial charge in [0.25, 0.3) is 5.91 Å². The second-order valence-corrected chi connectivity index (χ2v) is 5.85. The number of benzene rings is 3. The van der Waals surface area contributed by atoms with Gasteiger partial charge in [-0.3, -0.25) is 4.79 Å². The number of amides is 1. The van der Waals surface area contributed by atoms with Crippen LogP contribution in [0.25, 0.3) is 0 Å². The largest absolute Gasteiger partial charge is 0.381 e. The van der Waals surface area contributed by atoms with Crippen molar-refractivity contribution >= 4 is 17.3 Å². The number of nitrogens with one attached hydrogen (secondary N) is 2. The summed E-state index contributed by atoms with van der Waals surface area (Å²) in [7, 11) is 0. The minimum Gasteiger partial charge on any atom is -0.381 e. The Kier molecular flexibility index (Phi) is 5.09. The maximum atomic E-state index is 13.6. The second kappa shape index (κ2) is 7.62. The van der Waals surface area contributed by atoms with Gasteiger partial charge in [0.15, 0.2) is 0 Å². The molecule has 2 N–H and O–H groups in total. The summed E-state index contributed by atoms with van der Waals surface area (Å²) in [5, 5.41) is 6.04. The van der Waals surface area contributed by atoms with Gasteiger partial charge in [-0.15, -0.1) is 0 Å². The highest BCUT2D eigenvalue weighted by Crippen LogP contribution is 2.16. The van der Waals surface area contributed by atoms with E-state index in [4.69, 9.17) is 0 Å². The Morgan fingerprint density at radius 3 is 2.36 bits per heavy atom. The Hall–Kier alpha value is -3.14. The van der Waals surface area contributed by atoms with E-state index in [1.165, 1.54) is 6.07 Å². The van der Waals surface area contributed by atoms with Crippen LogP contribution < -0.4 is 10.6 Å². The molecule has 0 aliphatic heterocycles. The van der Waals surface area contributed by atoms with E-state index in [2.05, 4.69) is 10.6 Å². The van der Waals surface area contributed by atoms with Gasteiger partial charge in [-0.1, -0.05) is 35.9 Å². The monoisotopic (exact) mass is 334 g/mol. The van der Waals surface area contributed by atoms with Crippen LogP contribution in [0.1, 0.15) is 21.5 Å². The number of halogens is 1. The van der Waals surface area contributed by atoms with Crippen LogP contribution in [0.5, 0.6) is 0 Å². The molecule has 0 atom stereocenters. The van der Waals surface area contributed by atoms with Crippen molar-refractivity contribution in [2.45, 2.75) is 13.5 Å². The highest BCUT2D eigenvalue weighted by Gasteiger charge is 2.06. The quantitative estimate of drug-likeness (QED) is 0.689. The summed E-state index contributed by atoms with van der Waals surface area (Å²) in [5.74, 6) is -0.368. The lowest BCUT2D eigenvalue weighted by molar-refractivity contribution is 0.102. The number of carbonyl (C=O) groups is 1. The lowest BCUT2D eigenvalue weighted by atomic mass is 10.1. The van der Waals surface area contributed by atoms with E-state index in [1.54, 1.807) is 18.2 Å². The van der Waals surface area contributed by atoms with E-state index < -0.39 is 0 Å². The third-order valence-electron chi connectivity index (χ3n) is 3.86. The molecule has 3 rings (SSSR count). The first-order valence-electron chi connectivity index (χ1n) is 8.07. The van der Waals surface area contributed by atoms with Crippen LogP contribution >= 0.6 is 0 Å². The van der Waals surface area contributed by atoms with Crippen molar-refractivity contribution < 1.29 is 9.18 Å². The molecule has 3 aromatic rings. The third-order valence-corrected chi connectivity index (χ3v) is 3.86. The first kappa shape index (κ1) is 16.7. The fraction of sp³-hybridized carbons (Fsp3) is 0.0952. The Balaban J connectivity index is 1.60. The Bertz CT molecular complexity index is 875. The molecular weight excluding hydrogens is 315 g/mol. The molecule has 3 aromatic carbocycles. The van der Waals surface area contributed by atoms with E-state index in [0.29, 0.717) is 23.4 Å². The summed E-state index contributed by atoms with van der Waals surface area (Å²) in [6.45, 7) is 2.36. The van der Waals surface area contributed by atoms with Crippen LogP contribution in [-0.2, 0) is 6.54 Å². The second-order valence-electron chi connectivity index (χ2n) is 5.85. The summed E-state index contributed by atoms with van der Waals surface area (Å²) < 4.78 is 13.6. The average Bonchev–Trinajstić information content (AvgIpc) is 2.62. The summed E-state index contributed by atoms with van der Waals surface area (Å²) in [5.41, 5.74) is 3.85. The molecule has 0 radical (unpaired) electrons. The molecule has 0 unspecified atom stereocenters. The molecule has 0 aliphatic carbocycles. The fourth-order valence-corrected chi connectivity index (χ4v) is 2.50. The van der Waals surface area contributed by atoms with E-state index in [0.717, 1.165) is 11.3 Å². The van der Waals surface area contributed by atoms with E-state index in [9.17, 15) is 9.18 Å². The molecule has 0 saturated heterocycles. The predicted molar refractivity (Wildman–Crippen MR) is 99.3 cm³/mol. The van der Waals surface area contributed by atoms with Gasteiger partial charge >= 0.3 is 0 Å². The Morgan fingerprint density at radius 2 is 1.64 bits per heavy atom. The zero-order valence-corrected chi connectivity index (χ0v) is 13.9. The van der Waals surface area contributed by atoms with Crippen LogP contribution in [0.2, 0.25) is 0 Å². The molecule has 126 valence electrons. The maximum absolute atomic E-state index is 13.6. The standard InChI is InChI=1S/C21H19FN2O/c1-15-5-4-7-16(13-15)21(25)24-19-11-9-18(10-12-19)23-14-17-6-2-3-8-20(17)22/h2-13,23H,14H2,1H3,(H,24,25). The molecular formula is C21H19FN2O. The third kappa shape index (κ3) is 4.44. The minimum absolute atomic E-state index is 0.143. The van der Waals surface area contributed by atoms with Gasteiger partial charge in [0.2, 0.25) is 0 Å². The number of anilines is 2. The summed E-state index contributed by atoms with van der Waals surface area (Å²) in [4.78, 5) is 12.2. The highest BCUT2D eigenvalue weighted by molar-refractivity contribution is 6.04. The molecule has 0 saturated carbocycles. The molecule has 0 fully saturated rings. The van der Waals surface area contributed by atoms with Gasteiger partial charge in [-0.05, 0) is 49.4 Å². The van der Waals surface area contributed by atoms with Crippen molar-refractivity contribution in [1.82, 2.24) is 0 Å². The normalized spacial score (nSPS) is 10.3. The van der Waals surface area contributed by atoms with Gasteiger partial charge in [-0.25, -0.2) is 4.39 Å². The predicted octanol–water partition coefficient (Wildman–Crippen LogP) is 5.00. The molecule has 0 aromatic heterocycles. The van der Waals surface area contributed by atoms with Crippen molar-refractivity contribution in [3.63, 3.8) is 0 Å². The number of hydrogen-bond donors (Lipinski definition) is 2. The molecule has 1 amide bonds. The SMILES string of the molecule is Cc1cccc(C(=O)Nc2ccc(NCc3ccccc3F)cc2)c1. The zero-order chi connectivity index (χ0) is 17.6. The molecule has 0 aliphatic rings. The molecule has 3 nitrogen and oxygen atoms in total. The van der Waals surface area contributed by atoms with Crippen LogP contribution in [-0.4, -0.2) is 5.91 Å². The van der Waals surface area contributed by atoms with E-state index in [-0.39, 0.29) is 11.7 Å². The number of carbonyl (C=O) groups excluding carboxylic acids is 1. The van der Waals surface area contributed by atoms with Gasteiger partial charge in [0.1, 0.15) is 5.82 Å². The first-order chi connectivity index (χ1) is 12.1. The van der Waals surface area contributed by atoms with Crippen molar-refractivity contribution in [3.8, 4) is 0 Å². The van der Waals surface area contributed by atoms with Crippen LogP contribution in [0.15, 0.2) is 72.8 Å². The summed E-state index contributed by atoms with van der Waals surface area (Å²) >= 11 is 0. The topological polar surface area (TPSA) is 41.1 Å². The molecule has 4 heteroatoms. The lowest BCUT2D eigenvalue weighted by Gasteiger charge is -2.09. The molecule has 0 spiro atoms. The van der Waals surface area contributed by atoms with Gasteiger partial charge in [-0.2, -0.15) is 0 Å². The van der Waals surface area contributed by atoms with Crippen molar-refractivity contribution in [2.75, 3.05) is 10.6 Å². The Morgan fingerprint density at radius 1 is 0.920 bits per heavy atom. The van der Waals surface area contributed by atoms with Gasteiger partial charge in [0, 0.05) is 29.0 Å². The van der Waals surface area contributed by atoms with E-state index >= 15 is 0 Å². The van der Waals surface area contributed by atoms with Crippen molar-refractivity contribution in [3.05, 3.63) is 95.3 Å². The molecule has 25 heavy (non-hydrogen) atoms.